The molecule has 0 saturated carbocycles. The smallest absolute Gasteiger partial charge is 0.265 e. The van der Waals surface area contributed by atoms with Crippen molar-refractivity contribution in [3.8, 4) is 0 Å². The first-order valence-corrected chi connectivity index (χ1v) is 7.25. The largest absolute Gasteiger partial charge is 0.268 e. The lowest BCUT2D eigenvalue weighted by atomic mass is 10.0. The van der Waals surface area contributed by atoms with E-state index in [2.05, 4.69) is 17.1 Å². The molecular weight excluding hydrogens is 272 g/mol. The van der Waals surface area contributed by atoms with Gasteiger partial charge in [0.2, 0.25) is 0 Å². The van der Waals surface area contributed by atoms with Crippen LogP contribution in [0.5, 0.6) is 0 Å². The number of rotatable bonds is 2. The van der Waals surface area contributed by atoms with E-state index >= 15 is 0 Å². The van der Waals surface area contributed by atoms with Crippen molar-refractivity contribution in [2.24, 2.45) is 0 Å². The molecule has 0 unspecified atom stereocenters. The van der Waals surface area contributed by atoms with E-state index in [9.17, 15) is 4.79 Å². The monoisotopic (exact) mass is 286 g/mol. The van der Waals surface area contributed by atoms with Crippen LogP contribution in [0.4, 0.5) is 0 Å². The summed E-state index contributed by atoms with van der Waals surface area (Å²) in [5.41, 5.74) is 3.75. The molecule has 2 heterocycles. The molecule has 4 aromatic rings. The molecule has 4 rings (SSSR count). The average molecular weight is 286 g/mol. The van der Waals surface area contributed by atoms with Gasteiger partial charge in [-0.15, -0.1) is 0 Å². The lowest BCUT2D eigenvalue weighted by Gasteiger charge is -2.06. The SMILES string of the molecule is O=c1c2cc(Cc3ccccc3)ccc2nc2ccccn12. The molecule has 3 nitrogen and oxygen atoms in total. The Labute approximate surface area is 127 Å². The molecule has 0 bridgehead atoms. The van der Waals surface area contributed by atoms with E-state index in [0.717, 1.165) is 17.5 Å². The lowest BCUT2D eigenvalue weighted by molar-refractivity contribution is 1.07. The van der Waals surface area contributed by atoms with E-state index in [1.165, 1.54) is 5.56 Å². The zero-order valence-corrected chi connectivity index (χ0v) is 11.9. The molecule has 0 aliphatic heterocycles. The molecule has 0 fully saturated rings. The molecule has 2 aromatic carbocycles. The summed E-state index contributed by atoms with van der Waals surface area (Å²) >= 11 is 0. The van der Waals surface area contributed by atoms with Crippen molar-refractivity contribution >= 4 is 16.6 Å². The fourth-order valence-electron chi connectivity index (χ4n) is 2.74. The molecule has 0 aliphatic rings. The first-order chi connectivity index (χ1) is 10.8. The zero-order chi connectivity index (χ0) is 14.9. The molecule has 2 aromatic heterocycles. The summed E-state index contributed by atoms with van der Waals surface area (Å²) in [6, 6.07) is 21.8. The van der Waals surface area contributed by atoms with Crippen LogP contribution in [-0.2, 0) is 6.42 Å². The highest BCUT2D eigenvalue weighted by Crippen LogP contribution is 2.15. The number of aromatic nitrogens is 2. The van der Waals surface area contributed by atoms with Crippen molar-refractivity contribution in [1.82, 2.24) is 9.38 Å². The van der Waals surface area contributed by atoms with Crippen molar-refractivity contribution in [3.05, 3.63) is 94.4 Å². The van der Waals surface area contributed by atoms with Gasteiger partial charge in [0.25, 0.3) is 5.56 Å². The molecule has 0 aliphatic carbocycles. The predicted octanol–water partition coefficient (Wildman–Crippen LogP) is 3.44. The topological polar surface area (TPSA) is 34.4 Å². The van der Waals surface area contributed by atoms with E-state index in [4.69, 9.17) is 0 Å². The maximum Gasteiger partial charge on any atom is 0.265 e. The fourth-order valence-corrected chi connectivity index (χ4v) is 2.74. The third kappa shape index (κ3) is 2.17. The van der Waals surface area contributed by atoms with Gasteiger partial charge in [-0.3, -0.25) is 9.20 Å². The van der Waals surface area contributed by atoms with Crippen LogP contribution in [0.15, 0.2) is 77.7 Å². The highest BCUT2D eigenvalue weighted by molar-refractivity contribution is 5.80. The number of hydrogen-bond acceptors (Lipinski definition) is 2. The number of pyridine rings is 1. The van der Waals surface area contributed by atoms with Crippen LogP contribution in [-0.4, -0.2) is 9.38 Å². The molecule has 3 heteroatoms. The van der Waals surface area contributed by atoms with Gasteiger partial charge in [-0.2, -0.15) is 0 Å². The maximum absolute atomic E-state index is 12.6. The average Bonchev–Trinajstić information content (AvgIpc) is 2.57. The second-order valence-electron chi connectivity index (χ2n) is 5.36. The lowest BCUT2D eigenvalue weighted by Crippen LogP contribution is -2.14. The maximum atomic E-state index is 12.6. The summed E-state index contributed by atoms with van der Waals surface area (Å²) in [5, 5.41) is 0.664. The van der Waals surface area contributed by atoms with Gasteiger partial charge in [0, 0.05) is 6.20 Å². The number of benzene rings is 2. The molecule has 0 spiro atoms. The van der Waals surface area contributed by atoms with Gasteiger partial charge in [0.1, 0.15) is 5.65 Å². The van der Waals surface area contributed by atoms with Gasteiger partial charge in [-0.25, -0.2) is 4.98 Å². The van der Waals surface area contributed by atoms with Crippen LogP contribution in [0, 0.1) is 0 Å². The van der Waals surface area contributed by atoms with E-state index in [1.807, 2.05) is 54.6 Å². The third-order valence-corrected chi connectivity index (χ3v) is 3.83. The normalized spacial score (nSPS) is 11.1. The van der Waals surface area contributed by atoms with Crippen LogP contribution in [0.2, 0.25) is 0 Å². The Morgan fingerprint density at radius 3 is 2.55 bits per heavy atom. The van der Waals surface area contributed by atoms with Crippen molar-refractivity contribution in [2.45, 2.75) is 6.42 Å². The zero-order valence-electron chi connectivity index (χ0n) is 11.9. The van der Waals surface area contributed by atoms with Gasteiger partial charge in [-0.1, -0.05) is 42.5 Å². The van der Waals surface area contributed by atoms with E-state index in [1.54, 1.807) is 10.6 Å². The van der Waals surface area contributed by atoms with E-state index in [0.29, 0.717) is 11.0 Å². The van der Waals surface area contributed by atoms with Crippen LogP contribution in [0.3, 0.4) is 0 Å². The summed E-state index contributed by atoms with van der Waals surface area (Å²) in [5.74, 6) is 0. The Bertz CT molecular complexity index is 1020. The van der Waals surface area contributed by atoms with Crippen LogP contribution in [0.25, 0.3) is 16.6 Å². The van der Waals surface area contributed by atoms with E-state index in [-0.39, 0.29) is 5.56 Å². The molecule has 0 atom stereocenters. The predicted molar refractivity (Wildman–Crippen MR) is 88.2 cm³/mol. The fraction of sp³-hybridized carbons (Fsp3) is 0.0526. The molecule has 106 valence electrons. The number of hydrogen-bond donors (Lipinski definition) is 0. The Kier molecular flexibility index (Phi) is 2.97. The number of fused-ring (bicyclic) bond motifs is 2. The van der Waals surface area contributed by atoms with Crippen LogP contribution < -0.4 is 5.56 Å². The summed E-state index contributed by atoms with van der Waals surface area (Å²) in [6.45, 7) is 0. The molecule has 0 N–H and O–H groups in total. The second-order valence-corrected chi connectivity index (χ2v) is 5.36. The van der Waals surface area contributed by atoms with Crippen molar-refractivity contribution in [3.63, 3.8) is 0 Å². The van der Waals surface area contributed by atoms with Gasteiger partial charge in [-0.05, 0) is 41.8 Å². The summed E-state index contributed by atoms with van der Waals surface area (Å²) < 4.78 is 1.59. The highest BCUT2D eigenvalue weighted by atomic mass is 16.1. The molecule has 22 heavy (non-hydrogen) atoms. The van der Waals surface area contributed by atoms with Crippen molar-refractivity contribution in [2.75, 3.05) is 0 Å². The Balaban J connectivity index is 1.88. The minimum absolute atomic E-state index is 0.0180. The van der Waals surface area contributed by atoms with Gasteiger partial charge < -0.3 is 0 Å². The molecule has 0 radical (unpaired) electrons. The third-order valence-electron chi connectivity index (χ3n) is 3.83. The molecule has 0 amide bonds. The Morgan fingerprint density at radius 2 is 1.68 bits per heavy atom. The van der Waals surface area contributed by atoms with Crippen LogP contribution >= 0.6 is 0 Å². The van der Waals surface area contributed by atoms with Gasteiger partial charge >= 0.3 is 0 Å². The Morgan fingerprint density at radius 1 is 0.864 bits per heavy atom. The first-order valence-electron chi connectivity index (χ1n) is 7.25. The molecule has 0 saturated heterocycles. The summed E-state index contributed by atoms with van der Waals surface area (Å²) in [4.78, 5) is 17.2. The highest BCUT2D eigenvalue weighted by Gasteiger charge is 2.06. The first kappa shape index (κ1) is 12.8. The number of nitrogens with zero attached hydrogens (tertiary/aromatic N) is 2. The molecular formula is C19H14N2O. The second kappa shape index (κ2) is 5.11. The van der Waals surface area contributed by atoms with Crippen LogP contribution in [0.1, 0.15) is 11.1 Å². The van der Waals surface area contributed by atoms with Crippen molar-refractivity contribution < 1.29 is 0 Å². The van der Waals surface area contributed by atoms with Gasteiger partial charge in [0.05, 0.1) is 10.9 Å². The van der Waals surface area contributed by atoms with Crippen molar-refractivity contribution in [1.29, 1.82) is 0 Å². The van der Waals surface area contributed by atoms with E-state index < -0.39 is 0 Å². The standard InChI is InChI=1S/C19H14N2O/c22-19-16-13-15(12-14-6-2-1-3-7-14)9-10-17(16)20-18-8-4-5-11-21(18)19/h1-11,13H,12H2. The summed E-state index contributed by atoms with van der Waals surface area (Å²) in [6.07, 6.45) is 2.57. The van der Waals surface area contributed by atoms with Gasteiger partial charge in [0.15, 0.2) is 0 Å². The minimum Gasteiger partial charge on any atom is -0.268 e. The minimum atomic E-state index is -0.0180. The Hall–Kier alpha value is -2.94. The summed E-state index contributed by atoms with van der Waals surface area (Å²) in [7, 11) is 0. The quantitative estimate of drug-likeness (QED) is 0.529.